The fourth-order valence-corrected chi connectivity index (χ4v) is 4.50. The summed E-state index contributed by atoms with van der Waals surface area (Å²) in [5, 5.41) is 9.21. The standard InChI is InChI=1S/C14H19ClO4S/c1-4-5-9(2)8-20(18,19)13-7-11(15)6-12(10(13)3)14(16)17/h6-7,9H,4-5,8H2,1-3H3,(H,16,17). The lowest BCUT2D eigenvalue weighted by Crippen LogP contribution is -2.16. The zero-order valence-corrected chi connectivity index (χ0v) is 13.4. The predicted molar refractivity (Wildman–Crippen MR) is 79.3 cm³/mol. The van der Waals surface area contributed by atoms with E-state index in [4.69, 9.17) is 16.7 Å². The van der Waals surface area contributed by atoms with E-state index in [9.17, 15) is 13.2 Å². The molecule has 0 aliphatic carbocycles. The first-order chi connectivity index (χ1) is 9.19. The lowest BCUT2D eigenvalue weighted by atomic mass is 10.1. The summed E-state index contributed by atoms with van der Waals surface area (Å²) in [6, 6.07) is 2.60. The van der Waals surface area contributed by atoms with Crippen molar-refractivity contribution in [3.63, 3.8) is 0 Å². The van der Waals surface area contributed by atoms with Crippen LogP contribution >= 0.6 is 11.6 Å². The predicted octanol–water partition coefficient (Wildman–Crippen LogP) is 3.56. The summed E-state index contributed by atoms with van der Waals surface area (Å²) in [5.74, 6) is -1.15. The Morgan fingerprint density at radius 3 is 2.50 bits per heavy atom. The van der Waals surface area contributed by atoms with Crippen LogP contribution in [0.3, 0.4) is 0 Å². The number of hydrogen-bond donors (Lipinski definition) is 1. The molecule has 0 saturated heterocycles. The van der Waals surface area contributed by atoms with E-state index in [1.807, 2.05) is 13.8 Å². The molecule has 0 radical (unpaired) electrons. The van der Waals surface area contributed by atoms with E-state index in [0.29, 0.717) is 0 Å². The molecule has 4 nitrogen and oxygen atoms in total. The summed E-state index contributed by atoms with van der Waals surface area (Å²) >= 11 is 5.84. The molecule has 0 saturated carbocycles. The Labute approximate surface area is 124 Å². The Kier molecular flexibility index (Phi) is 5.59. The Hall–Kier alpha value is -1.07. The summed E-state index contributed by atoms with van der Waals surface area (Å²) in [6.45, 7) is 5.37. The average Bonchev–Trinajstić information content (AvgIpc) is 2.30. The molecule has 1 N–H and O–H groups in total. The monoisotopic (exact) mass is 318 g/mol. The zero-order valence-electron chi connectivity index (χ0n) is 11.8. The van der Waals surface area contributed by atoms with Crippen LogP contribution in [0.1, 0.15) is 42.6 Å². The van der Waals surface area contributed by atoms with Crippen LogP contribution in [0.2, 0.25) is 5.02 Å². The Balaban J connectivity index is 3.28. The van der Waals surface area contributed by atoms with Gasteiger partial charge in [-0.15, -0.1) is 0 Å². The molecule has 0 aromatic heterocycles. The molecule has 0 spiro atoms. The van der Waals surface area contributed by atoms with Gasteiger partial charge in [0.05, 0.1) is 16.2 Å². The van der Waals surface area contributed by atoms with Gasteiger partial charge in [-0.3, -0.25) is 0 Å². The van der Waals surface area contributed by atoms with Crippen LogP contribution < -0.4 is 0 Å². The number of carbonyl (C=O) groups is 1. The van der Waals surface area contributed by atoms with Crippen molar-refractivity contribution in [3.8, 4) is 0 Å². The number of benzene rings is 1. The van der Waals surface area contributed by atoms with Gasteiger partial charge >= 0.3 is 5.97 Å². The number of rotatable bonds is 6. The van der Waals surface area contributed by atoms with Crippen LogP contribution in [0, 0.1) is 12.8 Å². The minimum absolute atomic E-state index is 0.00107. The lowest BCUT2D eigenvalue weighted by Gasteiger charge is -2.14. The first-order valence-electron chi connectivity index (χ1n) is 6.45. The molecule has 6 heteroatoms. The van der Waals surface area contributed by atoms with Gasteiger partial charge in [-0.1, -0.05) is 31.9 Å². The van der Waals surface area contributed by atoms with Crippen molar-refractivity contribution in [2.24, 2.45) is 5.92 Å². The smallest absolute Gasteiger partial charge is 0.336 e. The second-order valence-electron chi connectivity index (χ2n) is 5.06. The second-order valence-corrected chi connectivity index (χ2v) is 7.50. The highest BCUT2D eigenvalue weighted by Crippen LogP contribution is 2.27. The molecule has 0 heterocycles. The van der Waals surface area contributed by atoms with E-state index < -0.39 is 15.8 Å². The highest BCUT2D eigenvalue weighted by Gasteiger charge is 2.24. The summed E-state index contributed by atoms with van der Waals surface area (Å²) in [6.07, 6.45) is 1.72. The molecule has 1 atom stereocenters. The Morgan fingerprint density at radius 1 is 1.40 bits per heavy atom. The van der Waals surface area contributed by atoms with Crippen molar-refractivity contribution >= 4 is 27.4 Å². The topological polar surface area (TPSA) is 71.4 Å². The first-order valence-corrected chi connectivity index (χ1v) is 8.48. The van der Waals surface area contributed by atoms with Gasteiger partial charge in [0.15, 0.2) is 9.84 Å². The summed E-state index contributed by atoms with van der Waals surface area (Å²) in [7, 11) is -3.54. The van der Waals surface area contributed by atoms with Gasteiger partial charge in [-0.2, -0.15) is 0 Å². The van der Waals surface area contributed by atoms with Crippen molar-refractivity contribution in [3.05, 3.63) is 28.3 Å². The van der Waals surface area contributed by atoms with E-state index in [1.54, 1.807) is 0 Å². The number of hydrogen-bond acceptors (Lipinski definition) is 3. The molecule has 1 unspecified atom stereocenters. The van der Waals surface area contributed by atoms with Crippen LogP contribution in [0.4, 0.5) is 0 Å². The molecule has 0 aliphatic rings. The lowest BCUT2D eigenvalue weighted by molar-refractivity contribution is 0.0696. The van der Waals surface area contributed by atoms with Gasteiger partial charge in [0.2, 0.25) is 0 Å². The van der Waals surface area contributed by atoms with Gasteiger partial charge in [0.1, 0.15) is 0 Å². The summed E-state index contributed by atoms with van der Waals surface area (Å²) in [5.41, 5.74) is 0.171. The quantitative estimate of drug-likeness (QED) is 0.870. The molecule has 0 amide bonds. The molecule has 1 aromatic carbocycles. The van der Waals surface area contributed by atoms with Crippen molar-refractivity contribution < 1.29 is 18.3 Å². The SMILES string of the molecule is CCCC(C)CS(=O)(=O)c1cc(Cl)cc(C(=O)O)c1C. The highest BCUT2D eigenvalue weighted by atomic mass is 35.5. The maximum Gasteiger partial charge on any atom is 0.336 e. The number of carboxylic acids is 1. The van der Waals surface area contributed by atoms with Crippen LogP contribution in [0.5, 0.6) is 0 Å². The number of halogens is 1. The maximum atomic E-state index is 12.4. The summed E-state index contributed by atoms with van der Waals surface area (Å²) in [4.78, 5) is 11.1. The zero-order chi connectivity index (χ0) is 15.5. The highest BCUT2D eigenvalue weighted by molar-refractivity contribution is 7.91. The minimum atomic E-state index is -3.54. The van der Waals surface area contributed by atoms with Crippen molar-refractivity contribution in [2.75, 3.05) is 5.75 Å². The van der Waals surface area contributed by atoms with Gasteiger partial charge in [0.25, 0.3) is 0 Å². The maximum absolute atomic E-state index is 12.4. The van der Waals surface area contributed by atoms with Crippen molar-refractivity contribution in [1.82, 2.24) is 0 Å². The average molecular weight is 319 g/mol. The fraction of sp³-hybridized carbons (Fsp3) is 0.500. The second kappa shape index (κ2) is 6.59. The third-order valence-corrected chi connectivity index (χ3v) is 5.50. The van der Waals surface area contributed by atoms with Crippen molar-refractivity contribution in [2.45, 2.75) is 38.5 Å². The van der Waals surface area contributed by atoms with E-state index in [1.165, 1.54) is 19.1 Å². The number of aromatic carboxylic acids is 1. The first kappa shape index (κ1) is 17.0. The van der Waals surface area contributed by atoms with E-state index in [2.05, 4.69) is 0 Å². The molecular formula is C14H19ClO4S. The summed E-state index contributed by atoms with van der Waals surface area (Å²) < 4.78 is 24.8. The van der Waals surface area contributed by atoms with E-state index >= 15 is 0 Å². The van der Waals surface area contributed by atoms with E-state index in [0.717, 1.165) is 12.8 Å². The molecule has 112 valence electrons. The number of carboxylic acid groups (broad SMARTS) is 1. The van der Waals surface area contributed by atoms with Crippen molar-refractivity contribution in [1.29, 1.82) is 0 Å². The van der Waals surface area contributed by atoms with Crippen LogP contribution in [0.25, 0.3) is 0 Å². The number of sulfone groups is 1. The molecular weight excluding hydrogens is 300 g/mol. The third kappa shape index (κ3) is 3.96. The molecule has 0 aliphatic heterocycles. The van der Waals surface area contributed by atoms with Crippen LogP contribution in [-0.2, 0) is 9.84 Å². The molecule has 0 fully saturated rings. The van der Waals surface area contributed by atoms with Crippen LogP contribution in [-0.4, -0.2) is 25.2 Å². The van der Waals surface area contributed by atoms with Crippen LogP contribution in [0.15, 0.2) is 17.0 Å². The van der Waals surface area contributed by atoms with Gasteiger partial charge < -0.3 is 5.11 Å². The molecule has 0 bridgehead atoms. The largest absolute Gasteiger partial charge is 0.478 e. The Morgan fingerprint density at radius 2 is 2.00 bits per heavy atom. The van der Waals surface area contributed by atoms with Gasteiger partial charge in [-0.25, -0.2) is 13.2 Å². The van der Waals surface area contributed by atoms with Gasteiger partial charge in [-0.05, 0) is 37.0 Å². The Bertz CT molecular complexity index is 608. The molecule has 1 rings (SSSR count). The molecule has 20 heavy (non-hydrogen) atoms. The fourth-order valence-electron chi connectivity index (χ4n) is 2.24. The van der Waals surface area contributed by atoms with Gasteiger partial charge in [0, 0.05) is 5.02 Å². The molecule has 1 aromatic rings. The third-order valence-electron chi connectivity index (χ3n) is 3.18. The van der Waals surface area contributed by atoms with E-state index in [-0.39, 0.29) is 32.7 Å². The normalized spacial score (nSPS) is 13.2. The minimum Gasteiger partial charge on any atom is -0.478 e.